The van der Waals surface area contributed by atoms with E-state index in [2.05, 4.69) is 21.0 Å². The number of carbonyl (C=O) groups is 1. The summed E-state index contributed by atoms with van der Waals surface area (Å²) in [6.07, 6.45) is -1.43. The summed E-state index contributed by atoms with van der Waals surface area (Å²) in [5, 5.41) is 5.67. The van der Waals surface area contributed by atoms with Crippen LogP contribution in [0.1, 0.15) is 49.3 Å². The number of halogens is 4. The summed E-state index contributed by atoms with van der Waals surface area (Å²) < 4.78 is 41.2. The van der Waals surface area contributed by atoms with E-state index in [9.17, 15) is 18.0 Å². The molecule has 2 aliphatic rings. The predicted octanol–water partition coefficient (Wildman–Crippen LogP) is 3.51. The van der Waals surface area contributed by atoms with Gasteiger partial charge in [-0.15, -0.1) is 5.53 Å². The molecule has 12 heteroatoms. The van der Waals surface area contributed by atoms with Gasteiger partial charge in [0.2, 0.25) is 0 Å². The second-order valence-electron chi connectivity index (χ2n) is 7.62. The highest BCUT2D eigenvalue weighted by Crippen LogP contribution is 2.36. The summed E-state index contributed by atoms with van der Waals surface area (Å²) >= 11 is 5.91. The molecule has 2 aromatic heterocycles. The highest BCUT2D eigenvalue weighted by Gasteiger charge is 2.40. The standard InChI is InChI=1S/C19H21ClF3N7O/c1-10(2)29-9-6-14(26-29)30-13-5-8-28(11(3)16(13)25-27-30)18(31)12-4-7-24-17(15(12)20)19(21,22)23/h4,6-7,9-11,25,27H,5,8H2,1-3H3/t11-/m0/s1. The summed E-state index contributed by atoms with van der Waals surface area (Å²) in [4.78, 5) is 17.9. The van der Waals surface area contributed by atoms with E-state index in [1.54, 1.807) is 6.92 Å². The molecule has 1 amide bonds. The molecule has 31 heavy (non-hydrogen) atoms. The fourth-order valence-corrected chi connectivity index (χ4v) is 4.01. The second-order valence-corrected chi connectivity index (χ2v) is 8.00. The Morgan fingerprint density at radius 3 is 2.71 bits per heavy atom. The molecule has 0 fully saturated rings. The van der Waals surface area contributed by atoms with E-state index in [4.69, 9.17) is 11.6 Å². The van der Waals surface area contributed by atoms with Crippen molar-refractivity contribution in [1.82, 2.24) is 30.6 Å². The molecule has 4 heterocycles. The normalized spacial score (nSPS) is 19.2. The van der Waals surface area contributed by atoms with Gasteiger partial charge in [0.1, 0.15) is 0 Å². The molecular weight excluding hydrogens is 435 g/mol. The molecule has 0 spiro atoms. The Hall–Kier alpha value is -2.79. The number of alkyl halides is 3. The SMILES string of the molecule is CC(C)n1ccc(N2NNC3=C2CCN(C(=O)c2ccnc(C(F)(F)F)c2Cl)[C@H]3C)n1. The van der Waals surface area contributed by atoms with Crippen LogP contribution in [0.5, 0.6) is 0 Å². The lowest BCUT2D eigenvalue weighted by atomic mass is 10.0. The first-order chi connectivity index (χ1) is 14.6. The van der Waals surface area contributed by atoms with Gasteiger partial charge in [-0.05, 0) is 26.8 Å². The smallest absolute Gasteiger partial charge is 0.330 e. The van der Waals surface area contributed by atoms with Crippen LogP contribution in [0.2, 0.25) is 5.02 Å². The average Bonchev–Trinajstić information content (AvgIpc) is 3.34. The number of pyridine rings is 1. The van der Waals surface area contributed by atoms with E-state index in [0.717, 1.165) is 17.6 Å². The van der Waals surface area contributed by atoms with E-state index < -0.39 is 28.8 Å². The van der Waals surface area contributed by atoms with Gasteiger partial charge in [-0.3, -0.25) is 14.5 Å². The lowest BCUT2D eigenvalue weighted by molar-refractivity contribution is -0.141. The highest BCUT2D eigenvalue weighted by atomic mass is 35.5. The third-order valence-corrected chi connectivity index (χ3v) is 5.74. The first-order valence-corrected chi connectivity index (χ1v) is 10.1. The van der Waals surface area contributed by atoms with Gasteiger partial charge in [-0.2, -0.15) is 18.3 Å². The van der Waals surface area contributed by atoms with Crippen molar-refractivity contribution in [3.8, 4) is 0 Å². The molecule has 0 saturated carbocycles. The number of nitrogens with zero attached hydrogens (tertiary/aromatic N) is 5. The van der Waals surface area contributed by atoms with Crippen molar-refractivity contribution in [2.45, 2.75) is 45.5 Å². The van der Waals surface area contributed by atoms with Gasteiger partial charge in [0.25, 0.3) is 5.91 Å². The van der Waals surface area contributed by atoms with Crippen LogP contribution in [-0.2, 0) is 6.18 Å². The van der Waals surface area contributed by atoms with Gasteiger partial charge in [-0.1, -0.05) is 11.6 Å². The lowest BCUT2D eigenvalue weighted by Crippen LogP contribution is -2.46. The maximum atomic E-state index is 13.1. The van der Waals surface area contributed by atoms with Gasteiger partial charge >= 0.3 is 6.18 Å². The third-order valence-electron chi connectivity index (χ3n) is 5.36. The molecule has 1 atom stereocenters. The molecule has 4 rings (SSSR count). The van der Waals surface area contributed by atoms with Crippen LogP contribution in [0, 0.1) is 0 Å². The Balaban J connectivity index is 1.60. The summed E-state index contributed by atoms with van der Waals surface area (Å²) in [5.74, 6) is 0.117. The van der Waals surface area contributed by atoms with Crippen LogP contribution in [-0.4, -0.2) is 38.2 Å². The number of hydrazine groups is 2. The molecule has 2 N–H and O–H groups in total. The molecule has 0 saturated heterocycles. The zero-order valence-corrected chi connectivity index (χ0v) is 17.8. The minimum atomic E-state index is -4.74. The maximum Gasteiger partial charge on any atom is 0.434 e. The summed E-state index contributed by atoms with van der Waals surface area (Å²) in [5.41, 5.74) is 6.30. The number of hydrogen-bond acceptors (Lipinski definition) is 6. The van der Waals surface area contributed by atoms with E-state index in [0.29, 0.717) is 18.8 Å². The van der Waals surface area contributed by atoms with Gasteiger partial charge in [0, 0.05) is 37.5 Å². The van der Waals surface area contributed by atoms with Gasteiger partial charge < -0.3 is 10.3 Å². The molecule has 0 aromatic carbocycles. The topological polar surface area (TPSA) is 78.3 Å². The van der Waals surface area contributed by atoms with Crippen LogP contribution >= 0.6 is 11.6 Å². The monoisotopic (exact) mass is 455 g/mol. The molecule has 2 aliphatic heterocycles. The average molecular weight is 456 g/mol. The number of hydrogen-bond donors (Lipinski definition) is 2. The fourth-order valence-electron chi connectivity index (χ4n) is 3.71. The van der Waals surface area contributed by atoms with Gasteiger partial charge in [0.15, 0.2) is 11.5 Å². The molecule has 0 aliphatic carbocycles. The van der Waals surface area contributed by atoms with Crippen LogP contribution in [0.25, 0.3) is 0 Å². The molecule has 0 unspecified atom stereocenters. The first kappa shape index (κ1) is 21.4. The number of carbonyl (C=O) groups excluding carboxylic acids is 1. The third kappa shape index (κ3) is 3.72. The summed E-state index contributed by atoms with van der Waals surface area (Å²) in [6, 6.07) is 2.88. The Morgan fingerprint density at radius 1 is 1.32 bits per heavy atom. The maximum absolute atomic E-state index is 13.1. The molecule has 8 nitrogen and oxygen atoms in total. The number of rotatable bonds is 3. The largest absolute Gasteiger partial charge is 0.434 e. The van der Waals surface area contributed by atoms with Crippen molar-refractivity contribution in [1.29, 1.82) is 0 Å². The Morgan fingerprint density at radius 2 is 2.06 bits per heavy atom. The number of amides is 1. The number of nitrogens with one attached hydrogen (secondary N) is 2. The van der Waals surface area contributed by atoms with Crippen molar-refractivity contribution in [3.05, 3.63) is 52.2 Å². The zero-order chi connectivity index (χ0) is 22.5. The van der Waals surface area contributed by atoms with Crippen LogP contribution in [0.15, 0.2) is 35.9 Å². The summed E-state index contributed by atoms with van der Waals surface area (Å²) in [6.45, 7) is 6.16. The fraction of sp³-hybridized carbons (Fsp3) is 0.421. The molecule has 0 radical (unpaired) electrons. The van der Waals surface area contributed by atoms with E-state index in [-0.39, 0.29) is 11.6 Å². The van der Waals surface area contributed by atoms with E-state index >= 15 is 0 Å². The molecular formula is C19H21ClF3N7O. The van der Waals surface area contributed by atoms with Crippen molar-refractivity contribution in [2.75, 3.05) is 11.6 Å². The minimum Gasteiger partial charge on any atom is -0.330 e. The molecule has 166 valence electrons. The lowest BCUT2D eigenvalue weighted by Gasteiger charge is -2.34. The Bertz CT molecular complexity index is 1050. The zero-order valence-electron chi connectivity index (χ0n) is 17.0. The second kappa shape index (κ2) is 7.72. The Labute approximate surface area is 181 Å². The van der Waals surface area contributed by atoms with Crippen molar-refractivity contribution < 1.29 is 18.0 Å². The van der Waals surface area contributed by atoms with Crippen molar-refractivity contribution in [2.24, 2.45) is 0 Å². The molecule has 0 bridgehead atoms. The quantitative estimate of drug-likeness (QED) is 0.737. The first-order valence-electron chi connectivity index (χ1n) is 9.72. The van der Waals surface area contributed by atoms with Crippen molar-refractivity contribution in [3.63, 3.8) is 0 Å². The van der Waals surface area contributed by atoms with Crippen LogP contribution in [0.3, 0.4) is 0 Å². The van der Waals surface area contributed by atoms with Crippen LogP contribution < -0.4 is 16.0 Å². The number of anilines is 1. The highest BCUT2D eigenvalue weighted by molar-refractivity contribution is 6.34. The predicted molar refractivity (Wildman–Crippen MR) is 108 cm³/mol. The minimum absolute atomic E-state index is 0.211. The van der Waals surface area contributed by atoms with Crippen LogP contribution in [0.4, 0.5) is 19.0 Å². The number of aromatic nitrogens is 3. The Kier molecular flexibility index (Phi) is 5.34. The summed E-state index contributed by atoms with van der Waals surface area (Å²) in [7, 11) is 0. The van der Waals surface area contributed by atoms with E-state index in [1.807, 2.05) is 35.8 Å². The van der Waals surface area contributed by atoms with Gasteiger partial charge in [0.05, 0.1) is 28.0 Å². The van der Waals surface area contributed by atoms with E-state index in [1.165, 1.54) is 11.0 Å². The molecule has 2 aromatic rings. The van der Waals surface area contributed by atoms with Crippen molar-refractivity contribution >= 4 is 23.3 Å². The van der Waals surface area contributed by atoms with Gasteiger partial charge in [-0.25, -0.2) is 5.01 Å².